The zero-order valence-electron chi connectivity index (χ0n) is 7.45. The maximum atomic E-state index is 5.45. The van der Waals surface area contributed by atoms with E-state index in [4.69, 9.17) is 4.74 Å². The molecule has 0 N–H and O–H groups in total. The molecule has 1 unspecified atom stereocenters. The van der Waals surface area contributed by atoms with E-state index in [0.717, 1.165) is 4.47 Å². The SMILES string of the molecule is Cc1sc(C2OC=CN2C)cc1Br. The van der Waals surface area contributed by atoms with Gasteiger partial charge >= 0.3 is 0 Å². The molecule has 1 atom stereocenters. The van der Waals surface area contributed by atoms with Crippen LogP contribution in [0.5, 0.6) is 0 Å². The van der Waals surface area contributed by atoms with E-state index in [-0.39, 0.29) is 6.23 Å². The molecule has 1 aliphatic heterocycles. The molecular formula is C9H10BrNOS. The largest absolute Gasteiger partial charge is 0.472 e. The minimum absolute atomic E-state index is 0.0648. The minimum atomic E-state index is 0.0648. The number of ether oxygens (including phenoxy) is 1. The number of halogens is 1. The Morgan fingerprint density at radius 3 is 2.85 bits per heavy atom. The highest BCUT2D eigenvalue weighted by molar-refractivity contribution is 9.10. The van der Waals surface area contributed by atoms with E-state index in [1.807, 2.05) is 13.2 Å². The Morgan fingerprint density at radius 2 is 2.38 bits per heavy atom. The number of nitrogens with zero attached hydrogens (tertiary/aromatic N) is 1. The van der Waals surface area contributed by atoms with Crippen LogP contribution < -0.4 is 0 Å². The standard InChI is InChI=1S/C9H10BrNOS/c1-6-7(10)5-8(13-6)9-11(2)3-4-12-9/h3-5,9H,1-2H3. The van der Waals surface area contributed by atoms with Gasteiger partial charge in [-0.1, -0.05) is 0 Å². The molecule has 70 valence electrons. The van der Waals surface area contributed by atoms with Crippen molar-refractivity contribution in [3.63, 3.8) is 0 Å². The maximum absolute atomic E-state index is 5.45. The van der Waals surface area contributed by atoms with Crippen molar-refractivity contribution in [2.45, 2.75) is 13.2 Å². The van der Waals surface area contributed by atoms with Gasteiger partial charge in [-0.2, -0.15) is 0 Å². The Hall–Kier alpha value is -0.480. The summed E-state index contributed by atoms with van der Waals surface area (Å²) in [6, 6.07) is 2.12. The predicted octanol–water partition coefficient (Wildman–Crippen LogP) is 3.25. The molecule has 2 heterocycles. The summed E-state index contributed by atoms with van der Waals surface area (Å²) in [5.41, 5.74) is 0. The van der Waals surface area contributed by atoms with Gasteiger partial charge in [0.2, 0.25) is 6.23 Å². The van der Waals surface area contributed by atoms with Crippen LogP contribution in [0, 0.1) is 6.92 Å². The topological polar surface area (TPSA) is 12.5 Å². The number of aryl methyl sites for hydroxylation is 1. The molecule has 0 aromatic carbocycles. The molecule has 0 aliphatic carbocycles. The van der Waals surface area contributed by atoms with Crippen LogP contribution in [0.1, 0.15) is 16.0 Å². The van der Waals surface area contributed by atoms with Gasteiger partial charge in [0.1, 0.15) is 6.26 Å². The van der Waals surface area contributed by atoms with Gasteiger partial charge in [-0.15, -0.1) is 11.3 Å². The summed E-state index contributed by atoms with van der Waals surface area (Å²) in [4.78, 5) is 4.58. The molecule has 1 aromatic rings. The first-order valence-corrected chi connectivity index (χ1v) is 5.59. The van der Waals surface area contributed by atoms with Crippen LogP contribution in [-0.4, -0.2) is 11.9 Å². The van der Waals surface area contributed by atoms with Gasteiger partial charge in [0.15, 0.2) is 0 Å². The average molecular weight is 260 g/mol. The third-order valence-corrected chi connectivity index (χ3v) is 4.16. The fourth-order valence-corrected chi connectivity index (χ4v) is 2.90. The summed E-state index contributed by atoms with van der Waals surface area (Å²) < 4.78 is 6.62. The van der Waals surface area contributed by atoms with Crippen molar-refractivity contribution < 1.29 is 4.74 Å². The van der Waals surface area contributed by atoms with E-state index in [9.17, 15) is 0 Å². The first-order chi connectivity index (χ1) is 6.18. The van der Waals surface area contributed by atoms with Crippen LogP contribution >= 0.6 is 27.3 Å². The van der Waals surface area contributed by atoms with Crippen LogP contribution in [0.4, 0.5) is 0 Å². The van der Waals surface area contributed by atoms with Gasteiger partial charge < -0.3 is 9.64 Å². The highest BCUT2D eigenvalue weighted by Gasteiger charge is 2.21. The number of thiophene rings is 1. The van der Waals surface area contributed by atoms with E-state index in [2.05, 4.69) is 33.8 Å². The van der Waals surface area contributed by atoms with Gasteiger partial charge in [0.05, 0.1) is 4.88 Å². The van der Waals surface area contributed by atoms with E-state index in [0.29, 0.717) is 0 Å². The fourth-order valence-electron chi connectivity index (χ4n) is 1.25. The molecule has 2 nitrogen and oxygen atoms in total. The number of hydrogen-bond acceptors (Lipinski definition) is 3. The van der Waals surface area contributed by atoms with Crippen molar-refractivity contribution in [1.29, 1.82) is 0 Å². The lowest BCUT2D eigenvalue weighted by molar-refractivity contribution is 0.0762. The Kier molecular flexibility index (Phi) is 2.34. The molecule has 0 amide bonds. The van der Waals surface area contributed by atoms with E-state index < -0.39 is 0 Å². The normalized spacial score (nSPS) is 20.8. The van der Waals surface area contributed by atoms with Crippen molar-refractivity contribution in [2.24, 2.45) is 0 Å². The molecular weight excluding hydrogens is 250 g/mol. The molecule has 0 saturated carbocycles. The molecule has 0 spiro atoms. The van der Waals surface area contributed by atoms with Crippen LogP contribution in [0.15, 0.2) is 23.0 Å². The molecule has 2 rings (SSSR count). The molecule has 0 bridgehead atoms. The van der Waals surface area contributed by atoms with Crippen molar-refractivity contribution in [3.05, 3.63) is 32.8 Å². The molecule has 1 aromatic heterocycles. The predicted molar refractivity (Wildman–Crippen MR) is 57.5 cm³/mol. The lowest BCUT2D eigenvalue weighted by Gasteiger charge is -2.17. The van der Waals surface area contributed by atoms with Crippen molar-refractivity contribution in [2.75, 3.05) is 7.05 Å². The van der Waals surface area contributed by atoms with Crippen LogP contribution in [-0.2, 0) is 4.74 Å². The van der Waals surface area contributed by atoms with Gasteiger partial charge in [0.25, 0.3) is 0 Å². The molecule has 0 radical (unpaired) electrons. The van der Waals surface area contributed by atoms with Crippen molar-refractivity contribution >= 4 is 27.3 Å². The molecule has 0 saturated heterocycles. The second kappa shape index (κ2) is 3.35. The molecule has 1 aliphatic rings. The first-order valence-electron chi connectivity index (χ1n) is 3.98. The number of hydrogen-bond donors (Lipinski definition) is 0. The van der Waals surface area contributed by atoms with Gasteiger partial charge in [-0.3, -0.25) is 0 Å². The monoisotopic (exact) mass is 259 g/mol. The summed E-state index contributed by atoms with van der Waals surface area (Å²) in [5.74, 6) is 0. The quantitative estimate of drug-likeness (QED) is 0.768. The maximum Gasteiger partial charge on any atom is 0.206 e. The summed E-state index contributed by atoms with van der Waals surface area (Å²) in [7, 11) is 2.01. The summed E-state index contributed by atoms with van der Waals surface area (Å²) in [6.07, 6.45) is 3.73. The average Bonchev–Trinajstić information content (AvgIpc) is 2.60. The zero-order valence-corrected chi connectivity index (χ0v) is 9.85. The zero-order chi connectivity index (χ0) is 9.42. The number of rotatable bonds is 1. The van der Waals surface area contributed by atoms with Gasteiger partial charge in [0, 0.05) is 22.6 Å². The minimum Gasteiger partial charge on any atom is -0.472 e. The Labute approximate surface area is 89.9 Å². The third kappa shape index (κ3) is 1.60. The van der Waals surface area contributed by atoms with Gasteiger partial charge in [-0.05, 0) is 28.9 Å². The van der Waals surface area contributed by atoms with Crippen LogP contribution in [0.2, 0.25) is 0 Å². The lowest BCUT2D eigenvalue weighted by Crippen LogP contribution is -2.13. The smallest absolute Gasteiger partial charge is 0.206 e. The Morgan fingerprint density at radius 1 is 1.62 bits per heavy atom. The van der Waals surface area contributed by atoms with Crippen LogP contribution in [0.3, 0.4) is 0 Å². The Balaban J connectivity index is 2.26. The highest BCUT2D eigenvalue weighted by Crippen LogP contribution is 2.35. The molecule has 4 heteroatoms. The molecule has 0 fully saturated rings. The van der Waals surface area contributed by atoms with Crippen molar-refractivity contribution in [1.82, 2.24) is 4.90 Å². The molecule has 13 heavy (non-hydrogen) atoms. The summed E-state index contributed by atoms with van der Waals surface area (Å²) in [6.45, 7) is 2.10. The third-order valence-electron chi connectivity index (χ3n) is 1.99. The Bertz CT molecular complexity index is 328. The van der Waals surface area contributed by atoms with E-state index in [1.165, 1.54) is 9.75 Å². The fraction of sp³-hybridized carbons (Fsp3) is 0.333. The van der Waals surface area contributed by atoms with E-state index in [1.54, 1.807) is 17.6 Å². The highest BCUT2D eigenvalue weighted by atomic mass is 79.9. The lowest BCUT2D eigenvalue weighted by atomic mass is 10.4. The summed E-state index contributed by atoms with van der Waals surface area (Å²) in [5, 5.41) is 0. The second-order valence-corrected chi connectivity index (χ2v) is 5.13. The van der Waals surface area contributed by atoms with Gasteiger partial charge in [-0.25, -0.2) is 0 Å². The first kappa shape index (κ1) is 9.09. The van der Waals surface area contributed by atoms with Crippen LogP contribution in [0.25, 0.3) is 0 Å². The van der Waals surface area contributed by atoms with E-state index >= 15 is 0 Å². The van der Waals surface area contributed by atoms with Crippen molar-refractivity contribution in [3.8, 4) is 0 Å². The second-order valence-electron chi connectivity index (χ2n) is 2.99. The summed E-state index contributed by atoms with van der Waals surface area (Å²) >= 11 is 5.26.